The van der Waals surface area contributed by atoms with Crippen molar-refractivity contribution in [3.8, 4) is 16.9 Å². The highest BCUT2D eigenvalue weighted by Gasteiger charge is 2.18. The van der Waals surface area contributed by atoms with Crippen LogP contribution in [0.15, 0.2) is 53.0 Å². The minimum absolute atomic E-state index is 0.0175. The molecule has 0 atom stereocenters. The third-order valence-corrected chi connectivity index (χ3v) is 7.62. The zero-order valence-corrected chi connectivity index (χ0v) is 18.4. The Hall–Kier alpha value is -2.97. The van der Waals surface area contributed by atoms with Gasteiger partial charge in [0.1, 0.15) is 22.7 Å². The number of phenolic OH excluding ortho intramolecular Hbond substituents is 1. The van der Waals surface area contributed by atoms with Crippen molar-refractivity contribution in [3.05, 3.63) is 59.2 Å². The number of fused-ring (bicyclic) bond motifs is 1. The van der Waals surface area contributed by atoms with Crippen LogP contribution in [0.2, 0.25) is 0 Å². The zero-order chi connectivity index (χ0) is 21.5. The summed E-state index contributed by atoms with van der Waals surface area (Å²) >= 11 is 1.51. The van der Waals surface area contributed by atoms with Crippen LogP contribution >= 0.6 is 11.3 Å². The van der Waals surface area contributed by atoms with Crippen molar-refractivity contribution in [1.82, 2.24) is 9.97 Å². The minimum Gasteiger partial charge on any atom is -0.506 e. The van der Waals surface area contributed by atoms with E-state index in [9.17, 15) is 13.5 Å². The van der Waals surface area contributed by atoms with Crippen molar-refractivity contribution >= 4 is 42.9 Å². The molecule has 2 aromatic heterocycles. The van der Waals surface area contributed by atoms with E-state index in [4.69, 9.17) is 0 Å². The number of nitrogens with one attached hydrogen (secondary N) is 1. The molecule has 0 unspecified atom stereocenters. The summed E-state index contributed by atoms with van der Waals surface area (Å²) in [6.07, 6.45) is 1.45. The first-order valence-corrected chi connectivity index (χ1v) is 12.0. The Morgan fingerprint density at radius 1 is 1.07 bits per heavy atom. The number of hydrogen-bond donors (Lipinski definition) is 2. The van der Waals surface area contributed by atoms with Gasteiger partial charge in [-0.1, -0.05) is 30.7 Å². The highest BCUT2D eigenvalue weighted by Crippen LogP contribution is 2.40. The van der Waals surface area contributed by atoms with Crippen LogP contribution in [-0.2, 0) is 9.84 Å². The largest absolute Gasteiger partial charge is 0.506 e. The number of thiophene rings is 1. The van der Waals surface area contributed by atoms with Crippen molar-refractivity contribution in [3.63, 3.8) is 0 Å². The van der Waals surface area contributed by atoms with Gasteiger partial charge in [0, 0.05) is 10.9 Å². The fraction of sp³-hybridized carbons (Fsp3) is 0.182. The molecule has 0 amide bonds. The third kappa shape index (κ3) is 3.64. The van der Waals surface area contributed by atoms with E-state index in [0.717, 1.165) is 26.9 Å². The van der Waals surface area contributed by atoms with Crippen LogP contribution < -0.4 is 5.32 Å². The maximum Gasteiger partial charge on any atom is 0.178 e. The Morgan fingerprint density at radius 2 is 1.87 bits per heavy atom. The number of aromatic hydroxyl groups is 1. The topological polar surface area (TPSA) is 92.2 Å². The molecule has 0 fully saturated rings. The van der Waals surface area contributed by atoms with Crippen molar-refractivity contribution < 1.29 is 13.5 Å². The molecule has 0 aliphatic carbocycles. The number of sulfone groups is 1. The maximum atomic E-state index is 12.3. The van der Waals surface area contributed by atoms with E-state index >= 15 is 0 Å². The predicted octanol–water partition coefficient (Wildman–Crippen LogP) is 5.22. The summed E-state index contributed by atoms with van der Waals surface area (Å²) in [6, 6.07) is 10.5. The first-order valence-electron chi connectivity index (χ1n) is 9.43. The minimum atomic E-state index is -3.40. The van der Waals surface area contributed by atoms with E-state index in [2.05, 4.69) is 47.3 Å². The van der Waals surface area contributed by atoms with Gasteiger partial charge in [-0.3, -0.25) is 0 Å². The van der Waals surface area contributed by atoms with Gasteiger partial charge in [0.2, 0.25) is 0 Å². The Morgan fingerprint density at radius 3 is 2.60 bits per heavy atom. The Balaban J connectivity index is 1.85. The molecule has 0 saturated carbocycles. The second-order valence-electron chi connectivity index (χ2n) is 7.08. The average Bonchev–Trinajstić information content (AvgIpc) is 3.14. The number of benzene rings is 2. The van der Waals surface area contributed by atoms with E-state index in [1.54, 1.807) is 6.92 Å². The van der Waals surface area contributed by atoms with Crippen molar-refractivity contribution in [2.75, 3.05) is 11.1 Å². The smallest absolute Gasteiger partial charge is 0.178 e. The molecule has 30 heavy (non-hydrogen) atoms. The Bertz CT molecular complexity index is 1360. The van der Waals surface area contributed by atoms with Crippen molar-refractivity contribution in [2.24, 2.45) is 0 Å². The van der Waals surface area contributed by atoms with Crippen LogP contribution in [0.5, 0.6) is 5.75 Å². The third-order valence-electron chi connectivity index (χ3n) is 5.00. The van der Waals surface area contributed by atoms with Gasteiger partial charge in [0.15, 0.2) is 9.84 Å². The molecule has 154 valence electrons. The van der Waals surface area contributed by atoms with E-state index in [0.29, 0.717) is 5.82 Å². The zero-order valence-electron chi connectivity index (χ0n) is 16.8. The highest BCUT2D eigenvalue weighted by molar-refractivity contribution is 7.91. The van der Waals surface area contributed by atoms with E-state index in [1.807, 2.05) is 5.38 Å². The van der Waals surface area contributed by atoms with Crippen LogP contribution in [0.1, 0.15) is 18.1 Å². The summed E-state index contributed by atoms with van der Waals surface area (Å²) in [5.41, 5.74) is 4.68. The van der Waals surface area contributed by atoms with E-state index in [1.165, 1.54) is 41.4 Å². The molecule has 0 spiro atoms. The lowest BCUT2D eigenvalue weighted by atomic mass is 9.99. The van der Waals surface area contributed by atoms with Gasteiger partial charge in [-0.15, -0.1) is 11.3 Å². The average molecular weight is 440 g/mol. The fourth-order valence-electron chi connectivity index (χ4n) is 3.39. The van der Waals surface area contributed by atoms with Gasteiger partial charge < -0.3 is 10.4 Å². The lowest BCUT2D eigenvalue weighted by Gasteiger charge is -2.12. The lowest BCUT2D eigenvalue weighted by molar-refractivity contribution is 0.477. The van der Waals surface area contributed by atoms with Gasteiger partial charge in [-0.25, -0.2) is 18.4 Å². The predicted molar refractivity (Wildman–Crippen MR) is 121 cm³/mol. The molecule has 0 radical (unpaired) electrons. The second-order valence-corrected chi connectivity index (χ2v) is 10.2. The van der Waals surface area contributed by atoms with E-state index < -0.39 is 9.84 Å². The molecule has 8 heteroatoms. The SMILES string of the molecule is CCS(=O)(=O)c1ccc(O)c(Nc2ncnc3scc(-c4ccc(C)cc4C)c23)c1. The van der Waals surface area contributed by atoms with Crippen LogP contribution in [0.4, 0.5) is 11.5 Å². The summed E-state index contributed by atoms with van der Waals surface area (Å²) in [5.74, 6) is 0.439. The van der Waals surface area contributed by atoms with Gasteiger partial charge in [0.05, 0.1) is 21.7 Å². The molecule has 0 bridgehead atoms. The molecule has 4 aromatic rings. The molecule has 0 aliphatic rings. The van der Waals surface area contributed by atoms with Gasteiger partial charge in [-0.2, -0.15) is 0 Å². The Kier molecular flexibility index (Phi) is 5.21. The van der Waals surface area contributed by atoms with Gasteiger partial charge in [0.25, 0.3) is 0 Å². The number of aryl methyl sites for hydroxylation is 2. The number of rotatable bonds is 5. The summed E-state index contributed by atoms with van der Waals surface area (Å²) in [6.45, 7) is 5.71. The van der Waals surface area contributed by atoms with Gasteiger partial charge in [-0.05, 0) is 43.2 Å². The van der Waals surface area contributed by atoms with Crippen LogP contribution in [-0.4, -0.2) is 29.2 Å². The summed E-state index contributed by atoms with van der Waals surface area (Å²) in [5, 5.41) is 16.3. The molecule has 2 N–H and O–H groups in total. The number of aromatic nitrogens is 2. The normalized spacial score (nSPS) is 11.7. The quantitative estimate of drug-likeness (QED) is 0.414. The molecule has 2 aromatic carbocycles. The van der Waals surface area contributed by atoms with Gasteiger partial charge >= 0.3 is 0 Å². The summed E-state index contributed by atoms with van der Waals surface area (Å²) < 4.78 is 24.5. The lowest BCUT2D eigenvalue weighted by Crippen LogP contribution is -2.04. The van der Waals surface area contributed by atoms with Crippen LogP contribution in [0.3, 0.4) is 0 Å². The second kappa shape index (κ2) is 7.70. The molecular formula is C22H21N3O3S2. The van der Waals surface area contributed by atoms with E-state index in [-0.39, 0.29) is 22.1 Å². The number of anilines is 2. The maximum absolute atomic E-state index is 12.3. The molecular weight excluding hydrogens is 418 g/mol. The monoisotopic (exact) mass is 439 g/mol. The molecule has 0 aliphatic heterocycles. The molecule has 6 nitrogen and oxygen atoms in total. The standard InChI is InChI=1S/C22H21N3O3S2/c1-4-30(27,28)15-6-8-19(26)18(10-15)25-21-20-17(11-29-22(20)24-12-23-21)16-7-5-13(2)9-14(16)3/h5-12,26H,4H2,1-3H3,(H,23,24,25). The fourth-order valence-corrected chi connectivity index (χ4v) is 5.20. The Labute approximate surface area is 179 Å². The number of nitrogens with zero attached hydrogens (tertiary/aromatic N) is 2. The summed E-state index contributed by atoms with van der Waals surface area (Å²) in [4.78, 5) is 9.72. The first kappa shape index (κ1) is 20.3. The molecule has 0 saturated heterocycles. The molecule has 4 rings (SSSR count). The molecule has 2 heterocycles. The highest BCUT2D eigenvalue weighted by atomic mass is 32.2. The van der Waals surface area contributed by atoms with Crippen LogP contribution in [0, 0.1) is 13.8 Å². The number of phenols is 1. The summed E-state index contributed by atoms with van der Waals surface area (Å²) in [7, 11) is -3.40. The van der Waals surface area contributed by atoms with Crippen molar-refractivity contribution in [1.29, 1.82) is 0 Å². The van der Waals surface area contributed by atoms with Crippen molar-refractivity contribution in [2.45, 2.75) is 25.7 Å². The first-order chi connectivity index (χ1) is 14.3. The van der Waals surface area contributed by atoms with Crippen LogP contribution in [0.25, 0.3) is 21.3 Å². The number of hydrogen-bond acceptors (Lipinski definition) is 7.